The quantitative estimate of drug-likeness (QED) is 0.777. The molecule has 2 aromatic carbocycles. The fraction of sp³-hybridized carbons (Fsp3) is 0.235. The van der Waals surface area contributed by atoms with E-state index in [4.69, 9.17) is 0 Å². The molecule has 0 saturated carbocycles. The molecular formula is C17H15F4NO. The van der Waals surface area contributed by atoms with E-state index in [2.05, 4.69) is 0 Å². The molecule has 0 radical (unpaired) electrons. The van der Waals surface area contributed by atoms with Crippen LogP contribution in [0.3, 0.4) is 0 Å². The molecule has 0 fully saturated rings. The molecule has 0 N–H and O–H groups in total. The number of hydrogen-bond donors (Lipinski definition) is 0. The van der Waals surface area contributed by atoms with Gasteiger partial charge in [0.15, 0.2) is 0 Å². The summed E-state index contributed by atoms with van der Waals surface area (Å²) in [7, 11) is 1.55. The summed E-state index contributed by atoms with van der Waals surface area (Å²) >= 11 is 0. The van der Waals surface area contributed by atoms with E-state index < -0.39 is 11.7 Å². The van der Waals surface area contributed by atoms with E-state index in [0.29, 0.717) is 5.56 Å². The van der Waals surface area contributed by atoms with Gasteiger partial charge in [-0.25, -0.2) is 4.39 Å². The van der Waals surface area contributed by atoms with E-state index in [-0.39, 0.29) is 24.7 Å². The second-order valence-corrected chi connectivity index (χ2v) is 5.25. The Hall–Kier alpha value is -2.37. The molecule has 0 saturated heterocycles. The maximum absolute atomic E-state index is 12.8. The zero-order chi connectivity index (χ0) is 17.0. The van der Waals surface area contributed by atoms with E-state index in [1.165, 1.54) is 29.2 Å². The average molecular weight is 325 g/mol. The van der Waals surface area contributed by atoms with Crippen LogP contribution in [-0.4, -0.2) is 17.9 Å². The monoisotopic (exact) mass is 325 g/mol. The van der Waals surface area contributed by atoms with Gasteiger partial charge >= 0.3 is 6.18 Å². The Labute approximate surface area is 131 Å². The summed E-state index contributed by atoms with van der Waals surface area (Å²) < 4.78 is 50.8. The largest absolute Gasteiger partial charge is 0.416 e. The van der Waals surface area contributed by atoms with Crippen LogP contribution in [0.5, 0.6) is 0 Å². The summed E-state index contributed by atoms with van der Waals surface area (Å²) in [6.45, 7) is 0.262. The Morgan fingerprint density at radius 2 is 1.70 bits per heavy atom. The summed E-state index contributed by atoms with van der Waals surface area (Å²) in [6.07, 6.45) is -4.55. The highest BCUT2D eigenvalue weighted by molar-refractivity contribution is 5.78. The van der Waals surface area contributed by atoms with Gasteiger partial charge in [-0.3, -0.25) is 4.79 Å². The number of halogens is 4. The summed E-state index contributed by atoms with van der Waals surface area (Å²) in [6, 6.07) is 10.4. The van der Waals surface area contributed by atoms with Gasteiger partial charge in [-0.1, -0.05) is 30.3 Å². The molecule has 0 heterocycles. The van der Waals surface area contributed by atoms with Crippen LogP contribution in [0, 0.1) is 5.82 Å². The van der Waals surface area contributed by atoms with Gasteiger partial charge in [0.25, 0.3) is 0 Å². The Kier molecular flexibility index (Phi) is 5.03. The number of hydrogen-bond acceptors (Lipinski definition) is 1. The van der Waals surface area contributed by atoms with Crippen molar-refractivity contribution in [2.45, 2.75) is 19.1 Å². The van der Waals surface area contributed by atoms with Gasteiger partial charge in [0, 0.05) is 13.6 Å². The minimum absolute atomic E-state index is 0.123. The molecule has 122 valence electrons. The second-order valence-electron chi connectivity index (χ2n) is 5.25. The van der Waals surface area contributed by atoms with Crippen LogP contribution in [0.25, 0.3) is 0 Å². The molecule has 6 heteroatoms. The molecule has 0 bridgehead atoms. The average Bonchev–Trinajstić information content (AvgIpc) is 2.49. The fourth-order valence-corrected chi connectivity index (χ4v) is 2.12. The van der Waals surface area contributed by atoms with Crippen LogP contribution < -0.4 is 0 Å². The number of nitrogens with zero attached hydrogens (tertiary/aromatic N) is 1. The third-order valence-electron chi connectivity index (χ3n) is 3.37. The zero-order valence-electron chi connectivity index (χ0n) is 12.4. The van der Waals surface area contributed by atoms with Crippen molar-refractivity contribution in [3.05, 3.63) is 71.0 Å². The van der Waals surface area contributed by atoms with Crippen molar-refractivity contribution in [2.24, 2.45) is 0 Å². The van der Waals surface area contributed by atoms with E-state index in [1.807, 2.05) is 0 Å². The minimum atomic E-state index is -4.43. The molecule has 2 rings (SSSR count). The Bertz CT molecular complexity index is 680. The first-order valence-corrected chi connectivity index (χ1v) is 6.90. The first-order chi connectivity index (χ1) is 10.8. The summed E-state index contributed by atoms with van der Waals surface area (Å²) in [5.74, 6) is -0.680. The SMILES string of the molecule is CN(Cc1ccc(F)cc1)C(=O)Cc1cccc(C(F)(F)F)c1. The van der Waals surface area contributed by atoms with Gasteiger partial charge < -0.3 is 4.90 Å². The molecule has 0 aliphatic heterocycles. The first kappa shape index (κ1) is 17.0. The van der Waals surface area contributed by atoms with Gasteiger partial charge in [-0.15, -0.1) is 0 Å². The van der Waals surface area contributed by atoms with Crippen LogP contribution in [0.2, 0.25) is 0 Å². The van der Waals surface area contributed by atoms with Gasteiger partial charge in [0.1, 0.15) is 5.82 Å². The van der Waals surface area contributed by atoms with Gasteiger partial charge in [0.05, 0.1) is 12.0 Å². The standard InChI is InChI=1S/C17H15F4NO/c1-22(11-12-5-7-15(18)8-6-12)16(23)10-13-3-2-4-14(9-13)17(19,20)21/h2-9H,10-11H2,1H3. The van der Waals surface area contributed by atoms with Crippen LogP contribution >= 0.6 is 0 Å². The summed E-state index contributed by atoms with van der Waals surface area (Å²) in [5, 5.41) is 0. The van der Waals surface area contributed by atoms with Crippen molar-refractivity contribution in [2.75, 3.05) is 7.05 Å². The molecule has 0 spiro atoms. The van der Waals surface area contributed by atoms with Crippen LogP contribution in [0.1, 0.15) is 16.7 Å². The number of rotatable bonds is 4. The van der Waals surface area contributed by atoms with Crippen molar-refractivity contribution in [3.63, 3.8) is 0 Å². The maximum Gasteiger partial charge on any atom is 0.416 e. The summed E-state index contributed by atoms with van der Waals surface area (Å²) in [4.78, 5) is 13.5. The molecule has 0 aromatic heterocycles. The number of carbonyl (C=O) groups excluding carboxylic acids is 1. The lowest BCUT2D eigenvalue weighted by atomic mass is 10.1. The number of benzene rings is 2. The molecule has 1 amide bonds. The van der Waals surface area contributed by atoms with Crippen molar-refractivity contribution in [1.29, 1.82) is 0 Å². The third kappa shape index (κ3) is 4.81. The van der Waals surface area contributed by atoms with Crippen molar-refractivity contribution >= 4 is 5.91 Å². The number of amides is 1. The molecular weight excluding hydrogens is 310 g/mol. The van der Waals surface area contributed by atoms with Gasteiger partial charge in [0.2, 0.25) is 5.91 Å². The van der Waals surface area contributed by atoms with Crippen molar-refractivity contribution in [3.8, 4) is 0 Å². The summed E-state index contributed by atoms with van der Waals surface area (Å²) in [5.41, 5.74) is 0.270. The van der Waals surface area contributed by atoms with E-state index in [1.54, 1.807) is 19.2 Å². The maximum atomic E-state index is 12.8. The number of alkyl halides is 3. The van der Waals surface area contributed by atoms with Crippen LogP contribution in [-0.2, 0) is 23.9 Å². The lowest BCUT2D eigenvalue weighted by Crippen LogP contribution is -2.27. The first-order valence-electron chi connectivity index (χ1n) is 6.90. The molecule has 2 aromatic rings. The molecule has 23 heavy (non-hydrogen) atoms. The van der Waals surface area contributed by atoms with Gasteiger partial charge in [-0.2, -0.15) is 13.2 Å². The normalized spacial score (nSPS) is 11.3. The molecule has 0 aliphatic carbocycles. The molecule has 0 unspecified atom stereocenters. The lowest BCUT2D eigenvalue weighted by molar-refractivity contribution is -0.138. The van der Waals surface area contributed by atoms with Crippen LogP contribution in [0.15, 0.2) is 48.5 Å². The van der Waals surface area contributed by atoms with Crippen molar-refractivity contribution in [1.82, 2.24) is 4.90 Å². The topological polar surface area (TPSA) is 20.3 Å². The van der Waals surface area contributed by atoms with E-state index >= 15 is 0 Å². The minimum Gasteiger partial charge on any atom is -0.341 e. The Morgan fingerprint density at radius 1 is 1.04 bits per heavy atom. The highest BCUT2D eigenvalue weighted by Gasteiger charge is 2.30. The molecule has 0 aliphatic rings. The second kappa shape index (κ2) is 6.81. The lowest BCUT2D eigenvalue weighted by Gasteiger charge is -2.18. The predicted molar refractivity (Wildman–Crippen MR) is 78.0 cm³/mol. The smallest absolute Gasteiger partial charge is 0.341 e. The molecule has 0 atom stereocenters. The Balaban J connectivity index is 2.02. The number of carbonyl (C=O) groups is 1. The predicted octanol–water partition coefficient (Wildman–Crippen LogP) is 4.05. The number of likely N-dealkylation sites (N-methyl/N-ethyl adjacent to an activating group) is 1. The van der Waals surface area contributed by atoms with Crippen molar-refractivity contribution < 1.29 is 22.4 Å². The molecule has 2 nitrogen and oxygen atoms in total. The highest BCUT2D eigenvalue weighted by atomic mass is 19.4. The fourth-order valence-electron chi connectivity index (χ4n) is 2.12. The van der Waals surface area contributed by atoms with Gasteiger partial charge in [-0.05, 0) is 29.3 Å². The highest BCUT2D eigenvalue weighted by Crippen LogP contribution is 2.29. The van der Waals surface area contributed by atoms with E-state index in [0.717, 1.165) is 17.7 Å². The third-order valence-corrected chi connectivity index (χ3v) is 3.37. The van der Waals surface area contributed by atoms with E-state index in [9.17, 15) is 22.4 Å². The zero-order valence-corrected chi connectivity index (χ0v) is 12.4. The van der Waals surface area contributed by atoms with Crippen LogP contribution in [0.4, 0.5) is 17.6 Å². The Morgan fingerprint density at radius 3 is 2.30 bits per heavy atom.